The summed E-state index contributed by atoms with van der Waals surface area (Å²) in [6.07, 6.45) is 8.78. The van der Waals surface area contributed by atoms with Gasteiger partial charge in [0.1, 0.15) is 0 Å². The van der Waals surface area contributed by atoms with Crippen molar-refractivity contribution in [3.8, 4) is 0 Å². The highest BCUT2D eigenvalue weighted by Gasteiger charge is 2.34. The van der Waals surface area contributed by atoms with E-state index in [2.05, 4.69) is 16.7 Å². The van der Waals surface area contributed by atoms with Crippen LogP contribution in [0.25, 0.3) is 0 Å². The van der Waals surface area contributed by atoms with Gasteiger partial charge in [0.15, 0.2) is 0 Å². The van der Waals surface area contributed by atoms with Crippen LogP contribution in [0.5, 0.6) is 0 Å². The van der Waals surface area contributed by atoms with Crippen LogP contribution >= 0.6 is 0 Å². The van der Waals surface area contributed by atoms with Crippen molar-refractivity contribution in [1.29, 1.82) is 0 Å². The van der Waals surface area contributed by atoms with E-state index in [-0.39, 0.29) is 0 Å². The summed E-state index contributed by atoms with van der Waals surface area (Å²) in [5, 5.41) is 0. The predicted molar refractivity (Wildman–Crippen MR) is 67.6 cm³/mol. The van der Waals surface area contributed by atoms with E-state index < -0.39 is 0 Å². The Morgan fingerprint density at radius 1 is 0.812 bits per heavy atom. The standard InChI is InChI=1S/C14H26N2/c1-12-4-2-5-13(10-12)16-9-8-15-7-3-6-14(15)11-16/h12-14H,2-11H2,1H3. The van der Waals surface area contributed by atoms with Gasteiger partial charge in [0, 0.05) is 31.7 Å². The van der Waals surface area contributed by atoms with E-state index in [0.717, 1.165) is 18.0 Å². The van der Waals surface area contributed by atoms with Gasteiger partial charge in [-0.2, -0.15) is 0 Å². The van der Waals surface area contributed by atoms with E-state index in [9.17, 15) is 0 Å². The molecule has 0 radical (unpaired) electrons. The van der Waals surface area contributed by atoms with Crippen molar-refractivity contribution >= 4 is 0 Å². The largest absolute Gasteiger partial charge is 0.298 e. The molecule has 2 nitrogen and oxygen atoms in total. The van der Waals surface area contributed by atoms with Gasteiger partial charge in [-0.25, -0.2) is 0 Å². The number of fused-ring (bicyclic) bond motifs is 1. The van der Waals surface area contributed by atoms with E-state index in [1.165, 1.54) is 64.7 Å². The van der Waals surface area contributed by atoms with Gasteiger partial charge >= 0.3 is 0 Å². The van der Waals surface area contributed by atoms with Gasteiger partial charge in [-0.1, -0.05) is 19.8 Å². The van der Waals surface area contributed by atoms with E-state index in [0.29, 0.717) is 0 Å². The zero-order chi connectivity index (χ0) is 11.0. The molecule has 2 heteroatoms. The maximum Gasteiger partial charge on any atom is 0.0224 e. The summed E-state index contributed by atoms with van der Waals surface area (Å²) in [5.41, 5.74) is 0. The molecule has 0 N–H and O–H groups in total. The highest BCUT2D eigenvalue weighted by molar-refractivity contribution is 4.90. The molecule has 2 heterocycles. The molecule has 3 unspecified atom stereocenters. The summed E-state index contributed by atoms with van der Waals surface area (Å²) in [4.78, 5) is 5.55. The Labute approximate surface area is 100.0 Å². The average molecular weight is 222 g/mol. The van der Waals surface area contributed by atoms with E-state index in [1.807, 2.05) is 0 Å². The van der Waals surface area contributed by atoms with Crippen molar-refractivity contribution in [2.45, 2.75) is 57.5 Å². The van der Waals surface area contributed by atoms with Crippen molar-refractivity contribution in [1.82, 2.24) is 9.80 Å². The lowest BCUT2D eigenvalue weighted by Gasteiger charge is -2.44. The number of piperazine rings is 1. The zero-order valence-corrected chi connectivity index (χ0v) is 10.7. The lowest BCUT2D eigenvalue weighted by molar-refractivity contribution is 0.0491. The number of hydrogen-bond acceptors (Lipinski definition) is 2. The van der Waals surface area contributed by atoms with Crippen molar-refractivity contribution in [2.75, 3.05) is 26.2 Å². The van der Waals surface area contributed by atoms with E-state index in [1.54, 1.807) is 0 Å². The molecule has 3 rings (SSSR count). The predicted octanol–water partition coefficient (Wildman–Crippen LogP) is 2.35. The van der Waals surface area contributed by atoms with Crippen LogP contribution in [0.15, 0.2) is 0 Å². The third kappa shape index (κ3) is 2.14. The summed E-state index contributed by atoms with van der Waals surface area (Å²) >= 11 is 0. The lowest BCUT2D eigenvalue weighted by atomic mass is 9.85. The van der Waals surface area contributed by atoms with Gasteiger partial charge in [0.05, 0.1) is 0 Å². The molecule has 0 spiro atoms. The second kappa shape index (κ2) is 4.66. The maximum atomic E-state index is 2.82. The summed E-state index contributed by atoms with van der Waals surface area (Å²) in [6.45, 7) is 7.87. The Hall–Kier alpha value is -0.0800. The molecule has 3 aliphatic rings. The SMILES string of the molecule is CC1CCCC(N2CCN3CCCC3C2)C1. The third-order valence-electron chi connectivity index (χ3n) is 5.04. The molecular weight excluding hydrogens is 196 g/mol. The van der Waals surface area contributed by atoms with Crippen molar-refractivity contribution in [2.24, 2.45) is 5.92 Å². The first-order valence-electron chi connectivity index (χ1n) is 7.31. The first kappa shape index (κ1) is 11.0. The van der Waals surface area contributed by atoms with Gasteiger partial charge in [-0.3, -0.25) is 9.80 Å². The molecular formula is C14H26N2. The van der Waals surface area contributed by atoms with Crippen LogP contribution in [0.4, 0.5) is 0 Å². The smallest absolute Gasteiger partial charge is 0.0224 e. The molecule has 0 aromatic heterocycles. The normalized spacial score (nSPS) is 42.2. The quantitative estimate of drug-likeness (QED) is 0.672. The fourth-order valence-electron chi connectivity index (χ4n) is 4.08. The van der Waals surface area contributed by atoms with Gasteiger partial charge in [0.25, 0.3) is 0 Å². The summed E-state index contributed by atoms with van der Waals surface area (Å²) < 4.78 is 0. The van der Waals surface area contributed by atoms with Gasteiger partial charge in [0.2, 0.25) is 0 Å². The summed E-state index contributed by atoms with van der Waals surface area (Å²) in [7, 11) is 0. The molecule has 92 valence electrons. The minimum atomic E-state index is 0.908. The molecule has 2 saturated heterocycles. The Kier molecular flexibility index (Phi) is 3.21. The van der Waals surface area contributed by atoms with Crippen LogP contribution in [0, 0.1) is 5.92 Å². The zero-order valence-electron chi connectivity index (χ0n) is 10.7. The van der Waals surface area contributed by atoms with Crippen LogP contribution in [0.3, 0.4) is 0 Å². The van der Waals surface area contributed by atoms with Gasteiger partial charge in [-0.15, -0.1) is 0 Å². The maximum absolute atomic E-state index is 2.82. The molecule has 3 fully saturated rings. The molecule has 1 aliphatic carbocycles. The van der Waals surface area contributed by atoms with Crippen LogP contribution < -0.4 is 0 Å². The molecule has 0 bridgehead atoms. The van der Waals surface area contributed by atoms with Crippen LogP contribution in [-0.2, 0) is 0 Å². The Morgan fingerprint density at radius 3 is 2.50 bits per heavy atom. The van der Waals surface area contributed by atoms with E-state index in [4.69, 9.17) is 0 Å². The van der Waals surface area contributed by atoms with Crippen molar-refractivity contribution < 1.29 is 0 Å². The van der Waals surface area contributed by atoms with Gasteiger partial charge < -0.3 is 0 Å². The monoisotopic (exact) mass is 222 g/mol. The highest BCUT2D eigenvalue weighted by Crippen LogP contribution is 2.30. The highest BCUT2D eigenvalue weighted by atomic mass is 15.3. The molecule has 0 amide bonds. The molecule has 3 atom stereocenters. The first-order valence-corrected chi connectivity index (χ1v) is 7.31. The van der Waals surface area contributed by atoms with E-state index >= 15 is 0 Å². The van der Waals surface area contributed by atoms with Crippen LogP contribution in [-0.4, -0.2) is 48.1 Å². The Morgan fingerprint density at radius 2 is 1.62 bits per heavy atom. The molecule has 1 saturated carbocycles. The minimum Gasteiger partial charge on any atom is -0.298 e. The van der Waals surface area contributed by atoms with Crippen molar-refractivity contribution in [3.63, 3.8) is 0 Å². The second-order valence-corrected chi connectivity index (χ2v) is 6.25. The summed E-state index contributed by atoms with van der Waals surface area (Å²) in [5.74, 6) is 0.973. The third-order valence-corrected chi connectivity index (χ3v) is 5.04. The average Bonchev–Trinajstić information content (AvgIpc) is 2.75. The molecule has 0 aromatic rings. The fourth-order valence-corrected chi connectivity index (χ4v) is 4.08. The number of nitrogens with zero attached hydrogens (tertiary/aromatic N) is 2. The molecule has 0 aromatic carbocycles. The number of hydrogen-bond donors (Lipinski definition) is 0. The van der Waals surface area contributed by atoms with Gasteiger partial charge in [-0.05, 0) is 38.1 Å². The number of rotatable bonds is 1. The fraction of sp³-hybridized carbons (Fsp3) is 1.00. The van der Waals surface area contributed by atoms with Crippen LogP contribution in [0.1, 0.15) is 45.4 Å². The topological polar surface area (TPSA) is 6.48 Å². The Bertz CT molecular complexity index is 241. The van der Waals surface area contributed by atoms with Crippen LogP contribution in [0.2, 0.25) is 0 Å². The minimum absolute atomic E-state index is 0.908. The van der Waals surface area contributed by atoms with Crippen molar-refractivity contribution in [3.05, 3.63) is 0 Å². The first-order chi connectivity index (χ1) is 7.83. The molecule has 2 aliphatic heterocycles. The lowest BCUT2D eigenvalue weighted by Crippen LogP contribution is -2.54. The second-order valence-electron chi connectivity index (χ2n) is 6.25. The molecule has 16 heavy (non-hydrogen) atoms. The summed E-state index contributed by atoms with van der Waals surface area (Å²) in [6, 6.07) is 1.83. The Balaban J connectivity index is 1.58.